The fourth-order valence-corrected chi connectivity index (χ4v) is 4.31. The number of ketones is 1. The molecule has 6 nitrogen and oxygen atoms in total. The summed E-state index contributed by atoms with van der Waals surface area (Å²) in [6, 6.07) is 9.22. The van der Waals surface area contributed by atoms with E-state index in [1.54, 1.807) is 36.4 Å². The quantitative estimate of drug-likeness (QED) is 0.245. The van der Waals surface area contributed by atoms with Gasteiger partial charge in [-0.25, -0.2) is 0 Å². The maximum atomic E-state index is 13.0. The van der Waals surface area contributed by atoms with Crippen LogP contribution in [0.3, 0.4) is 0 Å². The fraction of sp³-hybridized carbons (Fsp3) is 0.462. The molecular formula is C26H33ClN2O4. The van der Waals surface area contributed by atoms with Crippen molar-refractivity contribution in [1.82, 2.24) is 9.80 Å². The number of carbonyl (C=O) groups excluding carboxylic acids is 2. The molecule has 0 spiro atoms. The molecule has 0 bridgehead atoms. The lowest BCUT2D eigenvalue weighted by Crippen LogP contribution is -2.34. The van der Waals surface area contributed by atoms with Gasteiger partial charge in [-0.3, -0.25) is 9.59 Å². The number of rotatable bonds is 12. The van der Waals surface area contributed by atoms with Crippen molar-refractivity contribution < 1.29 is 19.1 Å². The number of hydrogen-bond acceptors (Lipinski definition) is 5. The topological polar surface area (TPSA) is 74.0 Å². The molecular weight excluding hydrogens is 440 g/mol. The molecule has 1 aromatic heterocycles. The van der Waals surface area contributed by atoms with E-state index in [0.29, 0.717) is 22.9 Å². The van der Waals surface area contributed by atoms with Crippen LogP contribution < -0.4 is 0 Å². The van der Waals surface area contributed by atoms with Crippen molar-refractivity contribution in [3.8, 4) is 0 Å². The summed E-state index contributed by atoms with van der Waals surface area (Å²) in [7, 11) is 0. The van der Waals surface area contributed by atoms with Gasteiger partial charge in [0.05, 0.1) is 11.8 Å². The number of benzene rings is 1. The van der Waals surface area contributed by atoms with Crippen LogP contribution in [0.25, 0.3) is 5.76 Å². The number of hydrogen-bond donors (Lipinski definition) is 1. The summed E-state index contributed by atoms with van der Waals surface area (Å²) in [6.45, 7) is 7.69. The van der Waals surface area contributed by atoms with Gasteiger partial charge < -0.3 is 19.3 Å². The van der Waals surface area contributed by atoms with Gasteiger partial charge in [-0.05, 0) is 75.3 Å². The van der Waals surface area contributed by atoms with Crippen LogP contribution in [0.2, 0.25) is 5.02 Å². The summed E-state index contributed by atoms with van der Waals surface area (Å²) in [6.07, 6.45) is 6.80. The second-order valence-electron chi connectivity index (χ2n) is 8.42. The first-order valence-corrected chi connectivity index (χ1v) is 12.2. The minimum atomic E-state index is -0.754. The standard InChI is InChI=1S/C26H33ClN2O4/c1-3-5-14-28(15-6-4-2)16-8-17-29-23(21-9-7-18-33-21)22(25(31)26(29)32)24(30)19-10-12-20(27)13-11-19/h7,9-13,18,23,30H,3-6,8,14-17H2,1-2H3/b24-22-. The zero-order valence-electron chi connectivity index (χ0n) is 19.4. The molecule has 1 aromatic carbocycles. The van der Waals surface area contributed by atoms with Gasteiger partial charge in [0.15, 0.2) is 0 Å². The summed E-state index contributed by atoms with van der Waals surface area (Å²) < 4.78 is 5.59. The van der Waals surface area contributed by atoms with Gasteiger partial charge in [0.1, 0.15) is 17.6 Å². The van der Waals surface area contributed by atoms with E-state index < -0.39 is 17.7 Å². The number of carbonyl (C=O) groups is 2. The summed E-state index contributed by atoms with van der Waals surface area (Å²) in [4.78, 5) is 29.9. The van der Waals surface area contributed by atoms with Gasteiger partial charge >= 0.3 is 0 Å². The van der Waals surface area contributed by atoms with Crippen molar-refractivity contribution in [3.05, 3.63) is 64.6 Å². The Hall–Kier alpha value is -2.57. The number of unbranched alkanes of at least 4 members (excludes halogenated alkanes) is 2. The Balaban J connectivity index is 1.83. The number of likely N-dealkylation sites (tertiary alicyclic amines) is 1. The number of Topliss-reactive ketones (excluding diaryl/α,β-unsaturated/α-hetero) is 1. The van der Waals surface area contributed by atoms with E-state index in [2.05, 4.69) is 18.7 Å². The molecule has 1 aliphatic heterocycles. The highest BCUT2D eigenvalue weighted by molar-refractivity contribution is 6.46. The molecule has 3 rings (SSSR count). The molecule has 0 radical (unpaired) electrons. The van der Waals surface area contributed by atoms with E-state index >= 15 is 0 Å². The summed E-state index contributed by atoms with van der Waals surface area (Å²) in [5.74, 6) is -1.07. The third-order valence-electron chi connectivity index (χ3n) is 6.00. The Kier molecular flexibility index (Phi) is 9.15. The van der Waals surface area contributed by atoms with Crippen molar-refractivity contribution in [1.29, 1.82) is 0 Å². The lowest BCUT2D eigenvalue weighted by Gasteiger charge is -2.26. The van der Waals surface area contributed by atoms with Crippen molar-refractivity contribution >= 4 is 29.1 Å². The fourth-order valence-electron chi connectivity index (χ4n) is 4.18. The zero-order chi connectivity index (χ0) is 23.8. The smallest absolute Gasteiger partial charge is 0.295 e. The Morgan fingerprint density at radius 3 is 2.24 bits per heavy atom. The molecule has 0 saturated carbocycles. The van der Waals surface area contributed by atoms with Gasteiger partial charge in [-0.1, -0.05) is 38.3 Å². The van der Waals surface area contributed by atoms with Crippen molar-refractivity contribution in [3.63, 3.8) is 0 Å². The molecule has 2 heterocycles. The maximum absolute atomic E-state index is 13.0. The number of halogens is 1. The number of furan rings is 1. The Labute approximate surface area is 200 Å². The Morgan fingerprint density at radius 1 is 1.03 bits per heavy atom. The first kappa shape index (κ1) is 25.1. The largest absolute Gasteiger partial charge is 0.507 e. The number of amides is 1. The number of aliphatic hydroxyl groups excluding tert-OH is 1. The van der Waals surface area contributed by atoms with E-state index in [9.17, 15) is 14.7 Å². The molecule has 1 saturated heterocycles. The van der Waals surface area contributed by atoms with Crippen molar-refractivity contribution in [2.75, 3.05) is 26.2 Å². The van der Waals surface area contributed by atoms with Gasteiger partial charge in [0, 0.05) is 17.1 Å². The van der Waals surface area contributed by atoms with E-state index in [0.717, 1.165) is 51.7 Å². The van der Waals surface area contributed by atoms with Gasteiger partial charge in [0.25, 0.3) is 11.7 Å². The molecule has 1 unspecified atom stereocenters. The van der Waals surface area contributed by atoms with Crippen molar-refractivity contribution in [2.24, 2.45) is 0 Å². The van der Waals surface area contributed by atoms with E-state index in [1.807, 2.05) is 0 Å². The Morgan fingerprint density at radius 2 is 1.67 bits per heavy atom. The van der Waals surface area contributed by atoms with Gasteiger partial charge in [-0.15, -0.1) is 0 Å². The summed E-state index contributed by atoms with van der Waals surface area (Å²) in [5, 5.41) is 11.5. The van der Waals surface area contributed by atoms with Gasteiger partial charge in [-0.2, -0.15) is 0 Å². The minimum absolute atomic E-state index is 0.0473. The van der Waals surface area contributed by atoms with Crippen LogP contribution in [0.5, 0.6) is 0 Å². The molecule has 7 heteroatoms. The first-order valence-electron chi connectivity index (χ1n) is 11.8. The normalized spacial score (nSPS) is 17.9. The highest BCUT2D eigenvalue weighted by atomic mass is 35.5. The average molecular weight is 473 g/mol. The van der Waals surface area contributed by atoms with E-state index in [4.69, 9.17) is 16.0 Å². The van der Waals surface area contributed by atoms with Crippen molar-refractivity contribution in [2.45, 2.75) is 52.0 Å². The van der Waals surface area contributed by atoms with Gasteiger partial charge in [0.2, 0.25) is 0 Å². The molecule has 1 atom stereocenters. The van der Waals surface area contributed by atoms with E-state index in [-0.39, 0.29) is 11.3 Å². The Bertz CT molecular complexity index is 945. The maximum Gasteiger partial charge on any atom is 0.295 e. The highest BCUT2D eigenvalue weighted by Gasteiger charge is 2.47. The predicted octanol–water partition coefficient (Wildman–Crippen LogP) is 5.65. The molecule has 1 aliphatic rings. The first-order chi connectivity index (χ1) is 16.0. The summed E-state index contributed by atoms with van der Waals surface area (Å²) >= 11 is 5.96. The highest BCUT2D eigenvalue weighted by Crippen LogP contribution is 2.39. The second kappa shape index (κ2) is 12.1. The minimum Gasteiger partial charge on any atom is -0.507 e. The number of nitrogens with zero attached hydrogens (tertiary/aromatic N) is 2. The second-order valence-corrected chi connectivity index (χ2v) is 8.85. The van der Waals surface area contributed by atoms with Crippen LogP contribution in [-0.4, -0.2) is 52.8 Å². The molecule has 1 fully saturated rings. The SMILES string of the molecule is CCCCN(CCCC)CCCN1C(=O)C(=O)/C(=C(\O)c2ccc(Cl)cc2)C1c1ccco1. The molecule has 1 N–H and O–H groups in total. The average Bonchev–Trinajstić information content (AvgIpc) is 3.43. The lowest BCUT2D eigenvalue weighted by atomic mass is 9.99. The predicted molar refractivity (Wildman–Crippen MR) is 130 cm³/mol. The lowest BCUT2D eigenvalue weighted by molar-refractivity contribution is -0.140. The number of aliphatic hydroxyl groups is 1. The van der Waals surface area contributed by atoms with Crippen LogP contribution in [0.4, 0.5) is 0 Å². The van der Waals surface area contributed by atoms with Crippen LogP contribution in [0.1, 0.15) is 63.3 Å². The third kappa shape index (κ3) is 6.06. The molecule has 0 aliphatic carbocycles. The van der Waals surface area contributed by atoms with Crippen LogP contribution in [-0.2, 0) is 9.59 Å². The molecule has 2 aromatic rings. The third-order valence-corrected chi connectivity index (χ3v) is 6.25. The van der Waals surface area contributed by atoms with E-state index in [1.165, 1.54) is 11.2 Å². The van der Waals surface area contributed by atoms with Crippen LogP contribution in [0, 0.1) is 0 Å². The van der Waals surface area contributed by atoms with Crippen LogP contribution in [0.15, 0.2) is 52.7 Å². The monoisotopic (exact) mass is 472 g/mol. The molecule has 1 amide bonds. The molecule has 33 heavy (non-hydrogen) atoms. The summed E-state index contributed by atoms with van der Waals surface area (Å²) in [5.41, 5.74) is 0.477. The molecule has 178 valence electrons. The van der Waals surface area contributed by atoms with Crippen LogP contribution >= 0.6 is 11.6 Å². The zero-order valence-corrected chi connectivity index (χ0v) is 20.2.